The third kappa shape index (κ3) is 5.25. The smallest absolute Gasteiger partial charge is 0.227 e. The minimum atomic E-state index is 0.0604. The Labute approximate surface area is 182 Å². The van der Waals surface area contributed by atoms with Gasteiger partial charge in [-0.2, -0.15) is 0 Å². The second-order valence-corrected chi connectivity index (χ2v) is 8.86. The third-order valence-electron chi connectivity index (χ3n) is 5.97. The van der Waals surface area contributed by atoms with Crippen molar-refractivity contribution in [1.82, 2.24) is 4.90 Å². The summed E-state index contributed by atoms with van der Waals surface area (Å²) in [5, 5.41) is 4.46. The first-order valence-corrected chi connectivity index (χ1v) is 11.2. The summed E-state index contributed by atoms with van der Waals surface area (Å²) >= 11 is 12.3. The predicted molar refractivity (Wildman–Crippen MR) is 121 cm³/mol. The number of benzene rings is 2. The Morgan fingerprint density at radius 1 is 0.966 bits per heavy atom. The van der Waals surface area contributed by atoms with Crippen LogP contribution in [0, 0.1) is 5.92 Å². The molecule has 2 aliphatic rings. The van der Waals surface area contributed by atoms with Gasteiger partial charge in [-0.3, -0.25) is 9.69 Å². The van der Waals surface area contributed by atoms with Crippen LogP contribution in [0.3, 0.4) is 0 Å². The molecule has 6 heteroatoms. The summed E-state index contributed by atoms with van der Waals surface area (Å²) in [4.78, 5) is 17.4. The molecule has 0 atom stereocenters. The van der Waals surface area contributed by atoms with E-state index in [1.165, 1.54) is 18.5 Å². The molecular weight excluding hydrogens is 405 g/mol. The topological polar surface area (TPSA) is 35.6 Å². The molecule has 2 aromatic rings. The molecule has 29 heavy (non-hydrogen) atoms. The van der Waals surface area contributed by atoms with Gasteiger partial charge in [0, 0.05) is 47.0 Å². The molecular formula is C23H27Cl2N3O. The van der Waals surface area contributed by atoms with Crippen LogP contribution >= 0.6 is 23.2 Å². The summed E-state index contributed by atoms with van der Waals surface area (Å²) in [7, 11) is 0. The maximum absolute atomic E-state index is 12.7. The van der Waals surface area contributed by atoms with Crippen molar-refractivity contribution in [3.63, 3.8) is 0 Å². The molecule has 0 aromatic heterocycles. The highest BCUT2D eigenvalue weighted by atomic mass is 35.5. The summed E-state index contributed by atoms with van der Waals surface area (Å²) < 4.78 is 0. The van der Waals surface area contributed by atoms with Crippen LogP contribution in [-0.2, 0) is 11.3 Å². The zero-order chi connectivity index (χ0) is 20.2. The highest BCUT2D eigenvalue weighted by Gasteiger charge is 2.25. The molecule has 1 amide bonds. The van der Waals surface area contributed by atoms with E-state index in [9.17, 15) is 4.79 Å². The number of amides is 1. The lowest BCUT2D eigenvalue weighted by Gasteiger charge is -2.31. The quantitative estimate of drug-likeness (QED) is 0.683. The van der Waals surface area contributed by atoms with Gasteiger partial charge in [0.15, 0.2) is 0 Å². The van der Waals surface area contributed by atoms with Crippen molar-refractivity contribution in [3.05, 3.63) is 58.1 Å². The highest BCUT2D eigenvalue weighted by Crippen LogP contribution is 2.26. The molecule has 0 aliphatic carbocycles. The number of piperidine rings is 1. The van der Waals surface area contributed by atoms with Crippen LogP contribution in [0.25, 0.3) is 0 Å². The summed E-state index contributed by atoms with van der Waals surface area (Å²) in [6.07, 6.45) is 4.26. The van der Waals surface area contributed by atoms with Gasteiger partial charge in [0.1, 0.15) is 0 Å². The van der Waals surface area contributed by atoms with Gasteiger partial charge in [0.05, 0.1) is 0 Å². The maximum atomic E-state index is 12.7. The van der Waals surface area contributed by atoms with Gasteiger partial charge < -0.3 is 10.2 Å². The zero-order valence-corrected chi connectivity index (χ0v) is 18.1. The van der Waals surface area contributed by atoms with E-state index in [1.807, 2.05) is 24.3 Å². The number of likely N-dealkylation sites (tertiary alicyclic amines) is 1. The van der Waals surface area contributed by atoms with Crippen LogP contribution < -0.4 is 10.2 Å². The van der Waals surface area contributed by atoms with Crippen molar-refractivity contribution in [2.24, 2.45) is 5.92 Å². The Morgan fingerprint density at radius 3 is 2.31 bits per heavy atom. The molecule has 2 fully saturated rings. The Bertz CT molecular complexity index is 842. The first kappa shape index (κ1) is 20.5. The van der Waals surface area contributed by atoms with Crippen LogP contribution in [0.5, 0.6) is 0 Å². The van der Waals surface area contributed by atoms with Gasteiger partial charge >= 0.3 is 0 Å². The second-order valence-electron chi connectivity index (χ2n) is 8.02. The number of hydrogen-bond donors (Lipinski definition) is 1. The molecule has 2 aromatic carbocycles. The average molecular weight is 432 g/mol. The molecule has 0 unspecified atom stereocenters. The van der Waals surface area contributed by atoms with Gasteiger partial charge in [-0.15, -0.1) is 0 Å². The molecule has 0 bridgehead atoms. The molecule has 2 heterocycles. The number of carbonyl (C=O) groups is 1. The van der Waals surface area contributed by atoms with Crippen LogP contribution in [0.1, 0.15) is 31.2 Å². The standard InChI is InChI=1S/C23H27Cl2N3O/c24-19-4-3-18(22(25)15-19)16-27-13-9-17(10-14-27)23(29)26-20-5-7-21(8-6-20)28-11-1-2-12-28/h3-8,15,17H,1-2,9-14,16H2,(H,26,29). The van der Waals surface area contributed by atoms with E-state index in [1.54, 1.807) is 6.07 Å². The van der Waals surface area contributed by atoms with Crippen molar-refractivity contribution in [1.29, 1.82) is 0 Å². The van der Waals surface area contributed by atoms with E-state index in [0.29, 0.717) is 10.0 Å². The van der Waals surface area contributed by atoms with E-state index in [-0.39, 0.29) is 11.8 Å². The van der Waals surface area contributed by atoms with E-state index >= 15 is 0 Å². The Morgan fingerprint density at radius 2 is 1.66 bits per heavy atom. The maximum Gasteiger partial charge on any atom is 0.227 e. The number of rotatable bonds is 5. The minimum Gasteiger partial charge on any atom is -0.372 e. The van der Waals surface area contributed by atoms with Crippen LogP contribution in [0.4, 0.5) is 11.4 Å². The number of anilines is 2. The van der Waals surface area contributed by atoms with Crippen molar-refractivity contribution >= 4 is 40.5 Å². The molecule has 0 radical (unpaired) electrons. The van der Waals surface area contributed by atoms with Gasteiger partial charge in [0.25, 0.3) is 0 Å². The van der Waals surface area contributed by atoms with E-state index in [0.717, 1.165) is 56.8 Å². The molecule has 1 N–H and O–H groups in total. The summed E-state index contributed by atoms with van der Waals surface area (Å²) in [6.45, 7) is 4.84. The molecule has 154 valence electrons. The molecule has 2 saturated heterocycles. The minimum absolute atomic E-state index is 0.0604. The summed E-state index contributed by atoms with van der Waals surface area (Å²) in [5.41, 5.74) is 3.21. The van der Waals surface area contributed by atoms with Gasteiger partial charge in [-0.05, 0) is 80.7 Å². The molecule has 0 saturated carbocycles. The lowest BCUT2D eigenvalue weighted by atomic mass is 9.95. The first-order chi connectivity index (χ1) is 14.1. The summed E-state index contributed by atoms with van der Waals surface area (Å²) in [5.74, 6) is 0.188. The van der Waals surface area contributed by atoms with E-state index in [4.69, 9.17) is 23.2 Å². The van der Waals surface area contributed by atoms with Crippen molar-refractivity contribution in [2.75, 3.05) is 36.4 Å². The van der Waals surface area contributed by atoms with Gasteiger partial charge in [-0.25, -0.2) is 0 Å². The van der Waals surface area contributed by atoms with E-state index in [2.05, 4.69) is 27.2 Å². The zero-order valence-electron chi connectivity index (χ0n) is 16.5. The third-order valence-corrected chi connectivity index (χ3v) is 6.56. The lowest BCUT2D eigenvalue weighted by Crippen LogP contribution is -2.37. The number of nitrogens with one attached hydrogen (secondary N) is 1. The lowest BCUT2D eigenvalue weighted by molar-refractivity contribution is -0.121. The van der Waals surface area contributed by atoms with Gasteiger partial charge in [-0.1, -0.05) is 29.3 Å². The van der Waals surface area contributed by atoms with Gasteiger partial charge in [0.2, 0.25) is 5.91 Å². The fourth-order valence-corrected chi connectivity index (χ4v) is 4.69. The average Bonchev–Trinajstić information content (AvgIpc) is 3.26. The Kier molecular flexibility index (Phi) is 6.63. The van der Waals surface area contributed by atoms with Crippen LogP contribution in [0.2, 0.25) is 10.0 Å². The number of carbonyl (C=O) groups excluding carboxylic acids is 1. The van der Waals surface area contributed by atoms with Crippen molar-refractivity contribution in [2.45, 2.75) is 32.2 Å². The molecule has 4 rings (SSSR count). The number of halogens is 2. The SMILES string of the molecule is O=C(Nc1ccc(N2CCCC2)cc1)C1CCN(Cc2ccc(Cl)cc2Cl)CC1. The largest absolute Gasteiger partial charge is 0.372 e. The van der Waals surface area contributed by atoms with Crippen LogP contribution in [-0.4, -0.2) is 37.0 Å². The number of nitrogens with zero attached hydrogens (tertiary/aromatic N) is 2. The van der Waals surface area contributed by atoms with Crippen LogP contribution in [0.15, 0.2) is 42.5 Å². The number of hydrogen-bond acceptors (Lipinski definition) is 3. The first-order valence-electron chi connectivity index (χ1n) is 10.4. The fraction of sp³-hybridized carbons (Fsp3) is 0.435. The van der Waals surface area contributed by atoms with Crippen molar-refractivity contribution < 1.29 is 4.79 Å². The normalized spacial score (nSPS) is 18.2. The molecule has 4 nitrogen and oxygen atoms in total. The van der Waals surface area contributed by atoms with Crippen molar-refractivity contribution in [3.8, 4) is 0 Å². The summed E-state index contributed by atoms with van der Waals surface area (Å²) in [6, 6.07) is 13.9. The molecule has 0 spiro atoms. The highest BCUT2D eigenvalue weighted by molar-refractivity contribution is 6.35. The second kappa shape index (κ2) is 9.38. The monoisotopic (exact) mass is 431 g/mol. The Balaban J connectivity index is 1.26. The fourth-order valence-electron chi connectivity index (χ4n) is 4.22. The predicted octanol–water partition coefficient (Wildman–Crippen LogP) is 5.44. The van der Waals surface area contributed by atoms with E-state index < -0.39 is 0 Å². The molecule has 2 aliphatic heterocycles. The Hall–Kier alpha value is -1.75.